The standard InChI is InChI=1S/C22H24N4O2/c1-28-19-11-5-2-8-16(19)12-13-20(27)25-21-22(26-14-6-7-15-26)24-18-10-4-3-9-17(18)23-21/h2-5,8-11H,6-7,12-15H2,1H3,(H,23,25,27). The SMILES string of the molecule is COc1ccccc1CCC(=O)Nc1nc2ccccc2nc1N1CCCC1. The van der Waals surface area contributed by atoms with Gasteiger partial charge in [-0.2, -0.15) is 0 Å². The normalized spacial score (nSPS) is 13.7. The molecule has 6 heteroatoms. The number of anilines is 2. The van der Waals surface area contributed by atoms with Crippen molar-refractivity contribution in [2.45, 2.75) is 25.7 Å². The third-order valence-electron chi connectivity index (χ3n) is 5.03. The summed E-state index contributed by atoms with van der Waals surface area (Å²) in [5.74, 6) is 2.04. The fourth-order valence-corrected chi connectivity index (χ4v) is 3.58. The fraction of sp³-hybridized carbons (Fsp3) is 0.318. The number of nitrogens with one attached hydrogen (secondary N) is 1. The summed E-state index contributed by atoms with van der Waals surface area (Å²) in [6.07, 6.45) is 3.23. The molecular weight excluding hydrogens is 352 g/mol. The Balaban J connectivity index is 1.54. The summed E-state index contributed by atoms with van der Waals surface area (Å²) in [7, 11) is 1.64. The quantitative estimate of drug-likeness (QED) is 0.709. The van der Waals surface area contributed by atoms with Gasteiger partial charge < -0.3 is 15.0 Å². The lowest BCUT2D eigenvalue weighted by Crippen LogP contribution is -2.23. The van der Waals surface area contributed by atoms with Crippen LogP contribution in [-0.4, -0.2) is 36.1 Å². The topological polar surface area (TPSA) is 67.3 Å². The molecule has 144 valence electrons. The van der Waals surface area contributed by atoms with Gasteiger partial charge in [0.15, 0.2) is 11.6 Å². The van der Waals surface area contributed by atoms with Gasteiger partial charge in [0.25, 0.3) is 0 Å². The van der Waals surface area contributed by atoms with Crippen molar-refractivity contribution in [2.75, 3.05) is 30.4 Å². The molecule has 28 heavy (non-hydrogen) atoms. The van der Waals surface area contributed by atoms with E-state index in [1.54, 1.807) is 7.11 Å². The first-order valence-electron chi connectivity index (χ1n) is 9.68. The van der Waals surface area contributed by atoms with Gasteiger partial charge in [-0.1, -0.05) is 30.3 Å². The minimum Gasteiger partial charge on any atom is -0.496 e. The van der Waals surface area contributed by atoms with Crippen LogP contribution in [0.4, 0.5) is 11.6 Å². The Hall–Kier alpha value is -3.15. The molecule has 1 N–H and O–H groups in total. The second-order valence-corrected chi connectivity index (χ2v) is 6.94. The van der Waals surface area contributed by atoms with Crippen LogP contribution in [0.1, 0.15) is 24.8 Å². The van der Waals surface area contributed by atoms with E-state index in [0.717, 1.165) is 54.1 Å². The van der Waals surface area contributed by atoms with Gasteiger partial charge in [0.1, 0.15) is 5.75 Å². The Bertz CT molecular complexity index is 983. The highest BCUT2D eigenvalue weighted by atomic mass is 16.5. The first-order chi connectivity index (χ1) is 13.7. The molecule has 1 aromatic heterocycles. The number of amides is 1. The van der Waals surface area contributed by atoms with Crippen LogP contribution in [0.3, 0.4) is 0 Å². The first kappa shape index (κ1) is 18.2. The zero-order valence-corrected chi connectivity index (χ0v) is 16.0. The third kappa shape index (κ3) is 3.91. The van der Waals surface area contributed by atoms with Crippen LogP contribution >= 0.6 is 0 Å². The van der Waals surface area contributed by atoms with Crippen LogP contribution in [-0.2, 0) is 11.2 Å². The van der Waals surface area contributed by atoms with Crippen LogP contribution in [0.25, 0.3) is 11.0 Å². The summed E-state index contributed by atoms with van der Waals surface area (Å²) in [5.41, 5.74) is 2.64. The lowest BCUT2D eigenvalue weighted by atomic mass is 10.1. The summed E-state index contributed by atoms with van der Waals surface area (Å²) in [6, 6.07) is 15.5. The Kier molecular flexibility index (Phi) is 5.37. The van der Waals surface area contributed by atoms with E-state index < -0.39 is 0 Å². The van der Waals surface area contributed by atoms with Crippen LogP contribution in [0.5, 0.6) is 5.75 Å². The molecule has 0 bridgehead atoms. The number of carbonyl (C=O) groups is 1. The van der Waals surface area contributed by atoms with Gasteiger partial charge in [0, 0.05) is 19.5 Å². The monoisotopic (exact) mass is 376 g/mol. The van der Waals surface area contributed by atoms with Crippen molar-refractivity contribution in [3.63, 3.8) is 0 Å². The number of aromatic nitrogens is 2. The molecule has 1 aliphatic rings. The minimum absolute atomic E-state index is 0.0732. The second kappa shape index (κ2) is 8.25. The fourth-order valence-electron chi connectivity index (χ4n) is 3.58. The van der Waals surface area contributed by atoms with Gasteiger partial charge in [-0.3, -0.25) is 4.79 Å². The summed E-state index contributed by atoms with van der Waals surface area (Å²) in [5, 5.41) is 2.99. The van der Waals surface area contributed by atoms with Crippen LogP contribution in [0.2, 0.25) is 0 Å². The Morgan fingerprint density at radius 1 is 1.04 bits per heavy atom. The van der Waals surface area contributed by atoms with E-state index >= 15 is 0 Å². The van der Waals surface area contributed by atoms with Gasteiger partial charge >= 0.3 is 0 Å². The number of para-hydroxylation sites is 3. The lowest BCUT2D eigenvalue weighted by Gasteiger charge is -2.20. The highest BCUT2D eigenvalue weighted by molar-refractivity contribution is 5.94. The molecule has 0 radical (unpaired) electrons. The van der Waals surface area contributed by atoms with Crippen molar-refractivity contribution in [3.8, 4) is 5.75 Å². The molecule has 0 spiro atoms. The minimum atomic E-state index is -0.0732. The average Bonchev–Trinajstić information content (AvgIpc) is 3.26. The maximum Gasteiger partial charge on any atom is 0.225 e. The molecule has 4 rings (SSSR count). The van der Waals surface area contributed by atoms with E-state index in [1.807, 2.05) is 48.5 Å². The van der Waals surface area contributed by atoms with E-state index in [0.29, 0.717) is 18.7 Å². The number of ether oxygens (including phenoxy) is 1. The summed E-state index contributed by atoms with van der Waals surface area (Å²) in [4.78, 5) is 24.3. The molecule has 0 saturated carbocycles. The summed E-state index contributed by atoms with van der Waals surface area (Å²) in [6.45, 7) is 1.88. The Morgan fingerprint density at radius 3 is 2.46 bits per heavy atom. The molecule has 1 fully saturated rings. The molecule has 6 nitrogen and oxygen atoms in total. The molecule has 0 aliphatic carbocycles. The smallest absolute Gasteiger partial charge is 0.225 e. The van der Waals surface area contributed by atoms with Crippen LogP contribution in [0, 0.1) is 0 Å². The van der Waals surface area contributed by atoms with Gasteiger partial charge in [-0.15, -0.1) is 0 Å². The molecule has 2 heterocycles. The number of carbonyl (C=O) groups excluding carboxylic acids is 1. The van der Waals surface area contributed by atoms with Gasteiger partial charge in [-0.05, 0) is 43.0 Å². The highest BCUT2D eigenvalue weighted by Crippen LogP contribution is 2.28. The van der Waals surface area contributed by atoms with Crippen LogP contribution < -0.4 is 15.0 Å². The largest absolute Gasteiger partial charge is 0.496 e. The predicted molar refractivity (Wildman–Crippen MR) is 111 cm³/mol. The Labute approximate surface area is 164 Å². The van der Waals surface area contributed by atoms with Crippen molar-refractivity contribution >= 4 is 28.6 Å². The highest BCUT2D eigenvalue weighted by Gasteiger charge is 2.20. The Morgan fingerprint density at radius 2 is 1.71 bits per heavy atom. The number of fused-ring (bicyclic) bond motifs is 1. The number of hydrogen-bond acceptors (Lipinski definition) is 5. The van der Waals surface area contributed by atoms with E-state index in [1.165, 1.54) is 0 Å². The molecule has 3 aromatic rings. The molecule has 0 atom stereocenters. The number of benzene rings is 2. The number of rotatable bonds is 6. The summed E-state index contributed by atoms with van der Waals surface area (Å²) < 4.78 is 5.37. The first-order valence-corrected chi connectivity index (χ1v) is 9.68. The van der Waals surface area contributed by atoms with Gasteiger partial charge in [0.05, 0.1) is 18.1 Å². The molecule has 0 unspecified atom stereocenters. The zero-order chi connectivity index (χ0) is 19.3. The van der Waals surface area contributed by atoms with Crippen molar-refractivity contribution in [1.29, 1.82) is 0 Å². The summed E-state index contributed by atoms with van der Waals surface area (Å²) >= 11 is 0. The number of methoxy groups -OCH3 is 1. The average molecular weight is 376 g/mol. The van der Waals surface area contributed by atoms with E-state index in [2.05, 4.69) is 15.2 Å². The number of aryl methyl sites for hydroxylation is 1. The van der Waals surface area contributed by atoms with E-state index in [9.17, 15) is 4.79 Å². The maximum absolute atomic E-state index is 12.7. The van der Waals surface area contributed by atoms with Crippen molar-refractivity contribution < 1.29 is 9.53 Å². The predicted octanol–water partition coefficient (Wildman–Crippen LogP) is 3.81. The van der Waals surface area contributed by atoms with Crippen molar-refractivity contribution in [1.82, 2.24) is 9.97 Å². The molecule has 2 aromatic carbocycles. The zero-order valence-electron chi connectivity index (χ0n) is 16.0. The van der Waals surface area contributed by atoms with E-state index in [4.69, 9.17) is 9.72 Å². The van der Waals surface area contributed by atoms with Gasteiger partial charge in [0.2, 0.25) is 5.91 Å². The van der Waals surface area contributed by atoms with E-state index in [-0.39, 0.29) is 5.91 Å². The van der Waals surface area contributed by atoms with Crippen molar-refractivity contribution in [3.05, 3.63) is 54.1 Å². The molecule has 1 saturated heterocycles. The molecule has 1 aliphatic heterocycles. The third-order valence-corrected chi connectivity index (χ3v) is 5.03. The lowest BCUT2D eigenvalue weighted by molar-refractivity contribution is -0.116. The van der Waals surface area contributed by atoms with Gasteiger partial charge in [-0.25, -0.2) is 9.97 Å². The molecular formula is C22H24N4O2. The number of nitrogens with zero attached hydrogens (tertiary/aromatic N) is 3. The van der Waals surface area contributed by atoms with Crippen molar-refractivity contribution in [2.24, 2.45) is 0 Å². The number of hydrogen-bond donors (Lipinski definition) is 1. The molecule has 1 amide bonds. The second-order valence-electron chi connectivity index (χ2n) is 6.94. The van der Waals surface area contributed by atoms with Crippen LogP contribution in [0.15, 0.2) is 48.5 Å². The maximum atomic E-state index is 12.7.